The van der Waals surface area contributed by atoms with Gasteiger partial charge in [-0.2, -0.15) is 0 Å². The van der Waals surface area contributed by atoms with Gasteiger partial charge in [0.15, 0.2) is 0 Å². The summed E-state index contributed by atoms with van der Waals surface area (Å²) in [5, 5.41) is 3.36. The van der Waals surface area contributed by atoms with Crippen LogP contribution in [0.2, 0.25) is 0 Å². The van der Waals surface area contributed by atoms with Crippen molar-refractivity contribution < 1.29 is 14.4 Å². The summed E-state index contributed by atoms with van der Waals surface area (Å²) >= 11 is 0. The number of nitrogens with zero attached hydrogens (tertiary/aromatic N) is 2. The first-order valence-electron chi connectivity index (χ1n) is 9.94. The Morgan fingerprint density at radius 2 is 1.72 bits per heavy atom. The highest BCUT2D eigenvalue weighted by Crippen LogP contribution is 2.32. The van der Waals surface area contributed by atoms with Crippen LogP contribution in [0.25, 0.3) is 0 Å². The Hall–Kier alpha value is -2.99. The second kappa shape index (κ2) is 7.12. The summed E-state index contributed by atoms with van der Waals surface area (Å²) in [6.07, 6.45) is 0. The molecule has 4 rings (SSSR count). The highest BCUT2D eigenvalue weighted by molar-refractivity contribution is 6.35. The van der Waals surface area contributed by atoms with Gasteiger partial charge in [-0.1, -0.05) is 12.1 Å². The van der Waals surface area contributed by atoms with Crippen LogP contribution < -0.4 is 10.2 Å². The van der Waals surface area contributed by atoms with E-state index >= 15 is 0 Å². The Morgan fingerprint density at radius 3 is 2.48 bits per heavy atom. The van der Waals surface area contributed by atoms with Crippen molar-refractivity contribution in [3.63, 3.8) is 0 Å². The number of fused-ring (bicyclic) bond motifs is 1. The van der Waals surface area contributed by atoms with Gasteiger partial charge in [0.1, 0.15) is 0 Å². The molecule has 2 aromatic rings. The molecule has 0 aromatic heterocycles. The highest BCUT2D eigenvalue weighted by Gasteiger charge is 2.38. The van der Waals surface area contributed by atoms with E-state index in [1.54, 1.807) is 18.2 Å². The smallest absolute Gasteiger partial charge is 0.266 e. The fourth-order valence-electron chi connectivity index (χ4n) is 4.06. The molecule has 0 saturated carbocycles. The molecule has 2 heterocycles. The third-order valence-electron chi connectivity index (χ3n) is 6.03. The van der Waals surface area contributed by atoms with Crippen LogP contribution in [0.4, 0.5) is 5.69 Å². The van der Waals surface area contributed by atoms with Crippen molar-refractivity contribution in [2.45, 2.75) is 39.8 Å². The number of aryl methyl sites for hydroxylation is 2. The summed E-state index contributed by atoms with van der Waals surface area (Å²) in [5.41, 5.74) is 3.49. The fraction of sp³-hybridized carbons (Fsp3) is 0.348. The molecule has 0 radical (unpaired) electrons. The van der Waals surface area contributed by atoms with Crippen LogP contribution in [0.3, 0.4) is 0 Å². The molecule has 3 amide bonds. The molecule has 2 aliphatic rings. The largest absolute Gasteiger partial charge is 0.333 e. The van der Waals surface area contributed by atoms with Gasteiger partial charge in [0.25, 0.3) is 17.7 Å². The Balaban J connectivity index is 1.69. The quantitative estimate of drug-likeness (QED) is 0.799. The maximum Gasteiger partial charge on any atom is 0.266 e. The number of imide groups is 1. The summed E-state index contributed by atoms with van der Waals surface area (Å²) in [5.74, 6) is -0.837. The van der Waals surface area contributed by atoms with Crippen LogP contribution in [0.5, 0.6) is 0 Å². The number of nitrogens with one attached hydrogen (secondary N) is 1. The summed E-state index contributed by atoms with van der Waals surface area (Å²) in [6, 6.07) is 10.8. The number of rotatable bonds is 2. The Morgan fingerprint density at radius 1 is 1.00 bits per heavy atom. The number of carbonyl (C=O) groups excluding carboxylic acids is 3. The molecule has 0 bridgehead atoms. The number of carbonyl (C=O) groups is 3. The molecule has 150 valence electrons. The number of benzene rings is 2. The third-order valence-corrected chi connectivity index (χ3v) is 6.03. The van der Waals surface area contributed by atoms with Crippen molar-refractivity contribution in [2.24, 2.45) is 0 Å². The lowest BCUT2D eigenvalue weighted by Crippen LogP contribution is -2.57. The van der Waals surface area contributed by atoms with E-state index in [0.29, 0.717) is 23.4 Å². The molecule has 29 heavy (non-hydrogen) atoms. The van der Waals surface area contributed by atoms with Crippen LogP contribution in [0.1, 0.15) is 56.0 Å². The van der Waals surface area contributed by atoms with E-state index in [9.17, 15) is 14.4 Å². The van der Waals surface area contributed by atoms with E-state index in [2.05, 4.69) is 12.2 Å². The second-order valence-electron chi connectivity index (χ2n) is 7.98. The number of hydrogen-bond acceptors (Lipinski definition) is 4. The van der Waals surface area contributed by atoms with Crippen LogP contribution in [-0.2, 0) is 0 Å². The molecule has 2 aromatic carbocycles. The zero-order valence-corrected chi connectivity index (χ0v) is 17.2. The predicted molar refractivity (Wildman–Crippen MR) is 111 cm³/mol. The van der Waals surface area contributed by atoms with Gasteiger partial charge in [-0.05, 0) is 63.1 Å². The predicted octanol–water partition coefficient (Wildman–Crippen LogP) is 2.93. The number of hydrogen-bond donors (Lipinski definition) is 1. The molecule has 2 aliphatic heterocycles. The van der Waals surface area contributed by atoms with E-state index in [4.69, 9.17) is 0 Å². The molecule has 1 saturated heterocycles. The Bertz CT molecular complexity index is 1030. The number of anilines is 1. The maximum atomic E-state index is 13.1. The van der Waals surface area contributed by atoms with E-state index in [1.165, 1.54) is 4.90 Å². The van der Waals surface area contributed by atoms with Gasteiger partial charge in [-0.3, -0.25) is 14.4 Å². The summed E-state index contributed by atoms with van der Waals surface area (Å²) in [7, 11) is 0. The second-order valence-corrected chi connectivity index (χ2v) is 7.98. The van der Waals surface area contributed by atoms with Crippen molar-refractivity contribution in [1.29, 1.82) is 0 Å². The molecule has 1 N–H and O–H groups in total. The van der Waals surface area contributed by atoms with Crippen molar-refractivity contribution in [3.8, 4) is 0 Å². The van der Waals surface area contributed by atoms with E-state index in [1.807, 2.05) is 43.9 Å². The minimum Gasteiger partial charge on any atom is -0.333 e. The van der Waals surface area contributed by atoms with Crippen molar-refractivity contribution >= 4 is 23.4 Å². The molecular weight excluding hydrogens is 366 g/mol. The summed E-state index contributed by atoms with van der Waals surface area (Å²) < 4.78 is 0. The molecule has 2 atom stereocenters. The van der Waals surface area contributed by atoms with E-state index in [-0.39, 0.29) is 35.4 Å². The number of amides is 3. The highest BCUT2D eigenvalue weighted by atomic mass is 16.2. The topological polar surface area (TPSA) is 69.7 Å². The van der Waals surface area contributed by atoms with Gasteiger partial charge in [-0.15, -0.1) is 0 Å². The van der Waals surface area contributed by atoms with Crippen LogP contribution >= 0.6 is 0 Å². The average molecular weight is 391 g/mol. The van der Waals surface area contributed by atoms with E-state index in [0.717, 1.165) is 17.7 Å². The van der Waals surface area contributed by atoms with Gasteiger partial charge in [0, 0.05) is 30.7 Å². The monoisotopic (exact) mass is 391 g/mol. The maximum absolute atomic E-state index is 13.1. The van der Waals surface area contributed by atoms with Crippen molar-refractivity contribution in [1.82, 2.24) is 10.2 Å². The molecule has 6 heteroatoms. The lowest BCUT2D eigenvalue weighted by atomic mass is 10.0. The van der Waals surface area contributed by atoms with Gasteiger partial charge in [0.2, 0.25) is 0 Å². The Kier molecular flexibility index (Phi) is 4.74. The molecule has 0 spiro atoms. The molecule has 6 nitrogen and oxygen atoms in total. The van der Waals surface area contributed by atoms with Gasteiger partial charge in [-0.25, -0.2) is 4.90 Å². The van der Waals surface area contributed by atoms with E-state index < -0.39 is 0 Å². The van der Waals surface area contributed by atoms with Gasteiger partial charge >= 0.3 is 0 Å². The molecular formula is C23H25N3O3. The fourth-order valence-corrected chi connectivity index (χ4v) is 4.06. The minimum atomic E-state index is -0.380. The van der Waals surface area contributed by atoms with Crippen LogP contribution in [0, 0.1) is 13.8 Å². The molecule has 2 unspecified atom stereocenters. The van der Waals surface area contributed by atoms with Gasteiger partial charge in [0.05, 0.1) is 16.8 Å². The molecule has 0 aliphatic carbocycles. The minimum absolute atomic E-state index is 0.0493. The summed E-state index contributed by atoms with van der Waals surface area (Å²) in [6.45, 7) is 9.22. The Labute approximate surface area is 170 Å². The zero-order chi connectivity index (χ0) is 20.9. The SMILES string of the molecule is Cc1ccc(C)c(N2C(=O)c3ccc(C(=O)N4CCNC(C)C4C)cc3C2=O)c1. The number of piperazine rings is 1. The lowest BCUT2D eigenvalue weighted by Gasteiger charge is -2.38. The normalized spacial score (nSPS) is 21.5. The van der Waals surface area contributed by atoms with Crippen LogP contribution in [-0.4, -0.2) is 47.8 Å². The lowest BCUT2D eigenvalue weighted by molar-refractivity contribution is 0.0602. The third kappa shape index (κ3) is 3.13. The summed E-state index contributed by atoms with van der Waals surface area (Å²) in [4.78, 5) is 42.2. The zero-order valence-electron chi connectivity index (χ0n) is 17.2. The standard InChI is InChI=1S/C23H25N3O3/c1-13-5-6-14(2)20(11-13)26-22(28)18-8-7-17(12-19(18)23(26)29)21(27)25-10-9-24-15(3)16(25)4/h5-8,11-12,15-16,24H,9-10H2,1-4H3. The van der Waals surface area contributed by atoms with Crippen molar-refractivity contribution in [2.75, 3.05) is 18.0 Å². The first-order chi connectivity index (χ1) is 13.8. The van der Waals surface area contributed by atoms with Gasteiger partial charge < -0.3 is 10.2 Å². The van der Waals surface area contributed by atoms with Crippen LogP contribution in [0.15, 0.2) is 36.4 Å². The first kappa shape index (κ1) is 19.3. The first-order valence-corrected chi connectivity index (χ1v) is 9.94. The average Bonchev–Trinajstić information content (AvgIpc) is 2.95. The van der Waals surface area contributed by atoms with Crippen molar-refractivity contribution in [3.05, 3.63) is 64.2 Å². The molecule has 1 fully saturated rings.